The molecule has 2 aromatic rings. The third-order valence-electron chi connectivity index (χ3n) is 3.94. The summed E-state index contributed by atoms with van der Waals surface area (Å²) >= 11 is 3.18. The minimum Gasteiger partial charge on any atom is -0.490 e. The van der Waals surface area contributed by atoms with E-state index >= 15 is 0 Å². The van der Waals surface area contributed by atoms with Crippen LogP contribution < -0.4 is 9.47 Å². The molecule has 0 bridgehead atoms. The van der Waals surface area contributed by atoms with Crippen LogP contribution in [0.4, 0.5) is 4.39 Å². The molecule has 0 amide bonds. The Kier molecular flexibility index (Phi) is 6.69. The molecule has 1 aliphatic rings. The zero-order valence-electron chi connectivity index (χ0n) is 14.4. The van der Waals surface area contributed by atoms with Crippen LogP contribution in [-0.4, -0.2) is 52.2 Å². The molecule has 2 aromatic carbocycles. The minimum atomic E-state index is -3.52. The van der Waals surface area contributed by atoms with Crippen molar-refractivity contribution in [3.8, 4) is 11.5 Å². The number of morpholine rings is 1. The number of rotatable bonds is 7. The summed E-state index contributed by atoms with van der Waals surface area (Å²) in [5.74, 6) is 0.201. The van der Waals surface area contributed by atoms with Crippen LogP contribution in [0.15, 0.2) is 51.8 Å². The van der Waals surface area contributed by atoms with Crippen LogP contribution in [-0.2, 0) is 14.8 Å². The quantitative estimate of drug-likeness (QED) is 0.595. The molecule has 0 N–H and O–H groups in total. The van der Waals surface area contributed by atoms with Gasteiger partial charge < -0.3 is 14.2 Å². The summed E-state index contributed by atoms with van der Waals surface area (Å²) in [6.45, 7) is 1.87. The maximum atomic E-state index is 13.6. The van der Waals surface area contributed by atoms with Crippen molar-refractivity contribution in [2.24, 2.45) is 0 Å². The second kappa shape index (κ2) is 9.01. The molecule has 0 unspecified atom stereocenters. The predicted octanol–water partition coefficient (Wildman–Crippen LogP) is 3.07. The van der Waals surface area contributed by atoms with Gasteiger partial charge in [0.2, 0.25) is 10.0 Å². The van der Waals surface area contributed by atoms with Crippen molar-refractivity contribution in [2.45, 2.75) is 4.90 Å². The van der Waals surface area contributed by atoms with Crippen LogP contribution in [0, 0.1) is 5.82 Å². The second-order valence-corrected chi connectivity index (χ2v) is 8.61. The highest BCUT2D eigenvalue weighted by molar-refractivity contribution is 9.10. The Bertz CT molecular complexity index is 870. The minimum absolute atomic E-state index is 0.147. The lowest BCUT2D eigenvalue weighted by atomic mass is 10.3. The van der Waals surface area contributed by atoms with Gasteiger partial charge in [-0.1, -0.05) is 15.9 Å². The van der Waals surface area contributed by atoms with Crippen LogP contribution in [0.1, 0.15) is 0 Å². The highest BCUT2D eigenvalue weighted by atomic mass is 79.9. The van der Waals surface area contributed by atoms with E-state index in [1.807, 2.05) is 0 Å². The molecule has 0 aliphatic carbocycles. The molecule has 1 fully saturated rings. The van der Waals surface area contributed by atoms with E-state index in [1.165, 1.54) is 28.6 Å². The fraction of sp³-hybridized carbons (Fsp3) is 0.333. The lowest BCUT2D eigenvalue weighted by Crippen LogP contribution is -2.40. The van der Waals surface area contributed by atoms with Crippen molar-refractivity contribution in [1.29, 1.82) is 0 Å². The van der Waals surface area contributed by atoms with Gasteiger partial charge in [0.15, 0.2) is 11.6 Å². The summed E-state index contributed by atoms with van der Waals surface area (Å²) in [7, 11) is -3.52. The first kappa shape index (κ1) is 20.1. The maximum absolute atomic E-state index is 13.6. The first-order valence-electron chi connectivity index (χ1n) is 8.35. The average molecular weight is 460 g/mol. The van der Waals surface area contributed by atoms with E-state index in [0.29, 0.717) is 36.5 Å². The smallest absolute Gasteiger partial charge is 0.243 e. The normalized spacial score (nSPS) is 15.5. The monoisotopic (exact) mass is 459 g/mol. The number of ether oxygens (including phenoxy) is 3. The molecule has 146 valence electrons. The molecule has 9 heteroatoms. The van der Waals surface area contributed by atoms with Gasteiger partial charge in [-0.3, -0.25) is 0 Å². The van der Waals surface area contributed by atoms with Gasteiger partial charge in [0.1, 0.15) is 19.0 Å². The third kappa shape index (κ3) is 5.19. The summed E-state index contributed by atoms with van der Waals surface area (Å²) in [5.41, 5.74) is 0. The highest BCUT2D eigenvalue weighted by Crippen LogP contribution is 2.22. The van der Waals surface area contributed by atoms with E-state index in [-0.39, 0.29) is 23.9 Å². The van der Waals surface area contributed by atoms with Crippen LogP contribution in [0.5, 0.6) is 11.5 Å². The van der Waals surface area contributed by atoms with Gasteiger partial charge >= 0.3 is 0 Å². The molecule has 1 saturated heterocycles. The van der Waals surface area contributed by atoms with E-state index in [9.17, 15) is 12.8 Å². The van der Waals surface area contributed by atoms with E-state index in [0.717, 1.165) is 0 Å². The zero-order valence-corrected chi connectivity index (χ0v) is 16.8. The van der Waals surface area contributed by atoms with Gasteiger partial charge in [-0.05, 0) is 42.5 Å². The van der Waals surface area contributed by atoms with Crippen molar-refractivity contribution in [2.75, 3.05) is 39.5 Å². The van der Waals surface area contributed by atoms with E-state index < -0.39 is 15.8 Å². The van der Waals surface area contributed by atoms with Crippen LogP contribution in [0.25, 0.3) is 0 Å². The van der Waals surface area contributed by atoms with E-state index in [1.54, 1.807) is 18.2 Å². The average Bonchev–Trinajstić information content (AvgIpc) is 2.68. The Hall–Kier alpha value is -1.68. The summed E-state index contributed by atoms with van der Waals surface area (Å²) in [6.07, 6.45) is 0. The van der Waals surface area contributed by atoms with Crippen LogP contribution in [0.2, 0.25) is 0 Å². The van der Waals surface area contributed by atoms with Crippen molar-refractivity contribution in [3.05, 3.63) is 52.8 Å². The largest absolute Gasteiger partial charge is 0.490 e. The molecule has 0 aromatic heterocycles. The number of hydrogen-bond donors (Lipinski definition) is 0. The Morgan fingerprint density at radius 3 is 2.37 bits per heavy atom. The highest BCUT2D eigenvalue weighted by Gasteiger charge is 2.26. The number of halogens is 2. The molecule has 6 nitrogen and oxygen atoms in total. The van der Waals surface area contributed by atoms with Gasteiger partial charge in [0, 0.05) is 17.6 Å². The van der Waals surface area contributed by atoms with Gasteiger partial charge in [-0.25, -0.2) is 12.8 Å². The second-order valence-electron chi connectivity index (χ2n) is 5.76. The van der Waals surface area contributed by atoms with Crippen LogP contribution in [0.3, 0.4) is 0 Å². The molecule has 1 aliphatic heterocycles. The fourth-order valence-corrected chi connectivity index (χ4v) is 4.29. The Morgan fingerprint density at radius 2 is 1.70 bits per heavy atom. The third-order valence-corrected chi connectivity index (χ3v) is 6.34. The SMILES string of the molecule is O=S(=O)(c1ccc(OCCOc2ccc(Br)cc2F)cc1)N1CCOCC1. The van der Waals surface area contributed by atoms with Gasteiger partial charge in [-0.15, -0.1) is 0 Å². The zero-order chi connectivity index (χ0) is 19.3. The molecule has 0 spiro atoms. The van der Waals surface area contributed by atoms with Crippen LogP contribution >= 0.6 is 15.9 Å². The Balaban J connectivity index is 1.51. The number of benzene rings is 2. The lowest BCUT2D eigenvalue weighted by molar-refractivity contribution is 0.0730. The molecule has 0 radical (unpaired) electrons. The number of hydrogen-bond acceptors (Lipinski definition) is 5. The standard InChI is InChI=1S/C18H19BrFNO5S/c19-14-1-6-18(17(20)13-14)26-12-11-25-15-2-4-16(5-3-15)27(22,23)21-7-9-24-10-8-21/h1-6,13H,7-12H2. The summed E-state index contributed by atoms with van der Waals surface area (Å²) in [4.78, 5) is 0.213. The first-order chi connectivity index (χ1) is 13.0. The number of nitrogens with zero attached hydrogens (tertiary/aromatic N) is 1. The Morgan fingerprint density at radius 1 is 1.04 bits per heavy atom. The molecular formula is C18H19BrFNO5S. The first-order valence-corrected chi connectivity index (χ1v) is 10.6. The molecule has 27 heavy (non-hydrogen) atoms. The summed E-state index contributed by atoms with van der Waals surface area (Å²) in [6, 6.07) is 10.7. The van der Waals surface area contributed by atoms with Crippen molar-refractivity contribution in [1.82, 2.24) is 4.31 Å². The molecule has 1 heterocycles. The van der Waals surface area contributed by atoms with Gasteiger partial charge in [-0.2, -0.15) is 4.31 Å². The van der Waals surface area contributed by atoms with E-state index in [2.05, 4.69) is 15.9 Å². The maximum Gasteiger partial charge on any atom is 0.243 e. The lowest BCUT2D eigenvalue weighted by Gasteiger charge is -2.26. The number of sulfonamides is 1. The van der Waals surface area contributed by atoms with E-state index in [4.69, 9.17) is 14.2 Å². The molecule has 3 rings (SSSR count). The predicted molar refractivity (Wildman–Crippen MR) is 101 cm³/mol. The molecule has 0 atom stereocenters. The Labute approximate surface area is 166 Å². The van der Waals surface area contributed by atoms with Crippen molar-refractivity contribution in [3.63, 3.8) is 0 Å². The fourth-order valence-electron chi connectivity index (χ4n) is 2.55. The van der Waals surface area contributed by atoms with Gasteiger partial charge in [0.05, 0.1) is 18.1 Å². The molecule has 0 saturated carbocycles. The topological polar surface area (TPSA) is 65.1 Å². The summed E-state index contributed by atoms with van der Waals surface area (Å²) < 4.78 is 56.8. The van der Waals surface area contributed by atoms with Crippen molar-refractivity contribution < 1.29 is 27.0 Å². The van der Waals surface area contributed by atoms with Gasteiger partial charge in [0.25, 0.3) is 0 Å². The van der Waals surface area contributed by atoms with Crippen molar-refractivity contribution >= 4 is 26.0 Å². The summed E-state index contributed by atoms with van der Waals surface area (Å²) in [5, 5.41) is 0. The molecular weight excluding hydrogens is 441 g/mol.